The average molecular weight is 472 g/mol. The highest BCUT2D eigenvalue weighted by Gasteiger charge is 2.28. The quantitative estimate of drug-likeness (QED) is 0.124. The molecule has 164 valence electrons. The van der Waals surface area contributed by atoms with Gasteiger partial charge in [0.1, 0.15) is 0 Å². The van der Waals surface area contributed by atoms with E-state index in [0.717, 1.165) is 9.79 Å². The Morgan fingerprint density at radius 2 is 1.12 bits per heavy atom. The maximum atomic E-state index is 12.1. The molecule has 0 radical (unpaired) electrons. The van der Waals surface area contributed by atoms with Crippen molar-refractivity contribution in [3.63, 3.8) is 0 Å². The van der Waals surface area contributed by atoms with Crippen LogP contribution in [0, 0.1) is 0 Å². The third kappa shape index (κ3) is 5.75. The molecule has 0 aliphatic heterocycles. The normalized spacial score (nSPS) is 10.7. The number of benzene rings is 4. The highest BCUT2D eigenvalue weighted by molar-refractivity contribution is 7.99. The summed E-state index contributed by atoms with van der Waals surface area (Å²) < 4.78 is 4.79. The predicted molar refractivity (Wildman–Crippen MR) is 133 cm³/mol. The second-order valence-electron chi connectivity index (χ2n) is 7.08. The summed E-state index contributed by atoms with van der Waals surface area (Å²) >= 11 is 1.61. The topological polar surface area (TPSA) is 43.4 Å². The van der Waals surface area contributed by atoms with Gasteiger partial charge in [-0.1, -0.05) is 48.2 Å². The van der Waals surface area contributed by atoms with Crippen molar-refractivity contribution < 1.29 is 14.3 Å². The first kappa shape index (κ1) is 22.9. The van der Waals surface area contributed by atoms with Crippen molar-refractivity contribution in [2.45, 2.75) is 31.4 Å². The van der Waals surface area contributed by atoms with E-state index < -0.39 is 11.8 Å². The number of hydrogen-bond donors (Lipinski definition) is 0. The number of hydrogen-bond acceptors (Lipinski definition) is 4. The van der Waals surface area contributed by atoms with E-state index in [-0.39, 0.29) is 17.5 Å². The molecule has 0 heterocycles. The fourth-order valence-corrected chi connectivity index (χ4v) is 6.19. The van der Waals surface area contributed by atoms with Crippen LogP contribution in [0.3, 0.4) is 0 Å². The number of rotatable bonds is 8. The van der Waals surface area contributed by atoms with Crippen LogP contribution in [0.5, 0.6) is 0 Å². The molecule has 0 aromatic heterocycles. The molecule has 4 aromatic rings. The number of ketones is 1. The van der Waals surface area contributed by atoms with E-state index in [1.54, 1.807) is 30.8 Å². The Hall–Kier alpha value is -3.28. The molecule has 4 rings (SSSR count). The van der Waals surface area contributed by atoms with Gasteiger partial charge in [0.15, 0.2) is 14.7 Å². The molecule has 3 nitrogen and oxygen atoms in total. The zero-order valence-electron chi connectivity index (χ0n) is 18.1. The molecule has 0 spiro atoms. The van der Waals surface area contributed by atoms with Crippen LogP contribution in [0.2, 0.25) is 0 Å². The van der Waals surface area contributed by atoms with Crippen molar-refractivity contribution in [3.8, 4) is 0 Å². The molecular formula is C28H23O3S2+. The minimum atomic E-state index is -0.819. The van der Waals surface area contributed by atoms with Gasteiger partial charge in [-0.3, -0.25) is 4.79 Å². The second kappa shape index (κ2) is 11.0. The van der Waals surface area contributed by atoms with Gasteiger partial charge in [-0.05, 0) is 79.7 Å². The smallest absolute Gasteiger partial charge is 0.379 e. The number of carbonyl (C=O) groups is 2. The van der Waals surface area contributed by atoms with E-state index >= 15 is 0 Å². The molecule has 0 saturated heterocycles. The lowest BCUT2D eigenvalue weighted by Crippen LogP contribution is -2.17. The van der Waals surface area contributed by atoms with Crippen LogP contribution < -0.4 is 0 Å². The van der Waals surface area contributed by atoms with E-state index in [4.69, 9.17) is 4.74 Å². The lowest BCUT2D eigenvalue weighted by atomic mass is 10.1. The third-order valence-corrected chi connectivity index (χ3v) is 8.08. The summed E-state index contributed by atoms with van der Waals surface area (Å²) in [6.07, 6.45) is 0. The molecule has 0 saturated carbocycles. The highest BCUT2D eigenvalue weighted by Crippen LogP contribution is 2.34. The van der Waals surface area contributed by atoms with Crippen molar-refractivity contribution in [1.29, 1.82) is 0 Å². The lowest BCUT2D eigenvalue weighted by molar-refractivity contribution is -0.137. The molecule has 0 N–H and O–H groups in total. The molecule has 0 atom stereocenters. The number of carbonyl (C=O) groups excluding carboxylic acids is 2. The van der Waals surface area contributed by atoms with Gasteiger partial charge in [0, 0.05) is 15.4 Å². The van der Waals surface area contributed by atoms with Crippen LogP contribution >= 0.6 is 11.8 Å². The van der Waals surface area contributed by atoms with Crippen LogP contribution in [0.15, 0.2) is 134 Å². The predicted octanol–water partition coefficient (Wildman–Crippen LogP) is 6.68. The average Bonchev–Trinajstić information content (AvgIpc) is 2.87. The van der Waals surface area contributed by atoms with Gasteiger partial charge in [0.25, 0.3) is 5.78 Å². The zero-order valence-corrected chi connectivity index (χ0v) is 19.8. The van der Waals surface area contributed by atoms with E-state index in [2.05, 4.69) is 72.8 Å². The lowest BCUT2D eigenvalue weighted by Gasteiger charge is -2.09. The fourth-order valence-electron chi connectivity index (χ4n) is 3.29. The molecule has 0 aliphatic carbocycles. The molecule has 33 heavy (non-hydrogen) atoms. The molecule has 0 amide bonds. The Morgan fingerprint density at radius 1 is 0.667 bits per heavy atom. The molecule has 0 bridgehead atoms. The zero-order chi connectivity index (χ0) is 23.0. The maximum absolute atomic E-state index is 12.1. The van der Waals surface area contributed by atoms with Crippen molar-refractivity contribution in [2.24, 2.45) is 0 Å². The molecule has 4 aromatic carbocycles. The Kier molecular flexibility index (Phi) is 7.66. The van der Waals surface area contributed by atoms with Gasteiger partial charge in [0.2, 0.25) is 0 Å². The van der Waals surface area contributed by atoms with Gasteiger partial charge in [-0.2, -0.15) is 0 Å². The molecule has 0 aliphatic rings. The summed E-state index contributed by atoms with van der Waals surface area (Å²) in [5.74, 6) is -1.44. The number of ether oxygens (including phenoxy) is 1. The first-order chi connectivity index (χ1) is 16.2. The van der Waals surface area contributed by atoms with E-state index in [1.807, 2.05) is 24.3 Å². The number of esters is 1. The molecule has 0 unspecified atom stereocenters. The minimum absolute atomic E-state index is 0.175. The molecule has 0 fully saturated rings. The van der Waals surface area contributed by atoms with Gasteiger partial charge >= 0.3 is 5.97 Å². The standard InChI is InChI=1S/C28H23O3S2/c1-2-31-28(30)27(29)21-13-15-22(16-14-21)32-23-17-19-26(20-18-23)33(24-9-5-3-6-10-24)25-11-7-4-8-12-25/h3-20H,2H2,1H3/q+1. The van der Waals surface area contributed by atoms with Crippen LogP contribution in [0.25, 0.3) is 0 Å². The molecule has 5 heteroatoms. The number of Topliss-reactive ketones (excluding diaryl/α,β-unsaturated/α-hetero) is 1. The van der Waals surface area contributed by atoms with Crippen molar-refractivity contribution in [1.82, 2.24) is 0 Å². The third-order valence-electron chi connectivity index (χ3n) is 4.83. The SMILES string of the molecule is CCOC(=O)C(=O)c1ccc(Sc2ccc([S+](c3ccccc3)c3ccccc3)cc2)cc1. The Balaban J connectivity index is 1.52. The first-order valence-electron chi connectivity index (χ1n) is 10.6. The van der Waals surface area contributed by atoms with Crippen LogP contribution in [-0.4, -0.2) is 18.4 Å². The summed E-state index contributed by atoms with van der Waals surface area (Å²) in [6.45, 7) is 1.86. The van der Waals surface area contributed by atoms with Gasteiger partial charge in [-0.15, -0.1) is 0 Å². The van der Waals surface area contributed by atoms with Gasteiger partial charge in [0.05, 0.1) is 17.5 Å². The Bertz CT molecular complexity index is 1170. The summed E-state index contributed by atoms with van der Waals surface area (Å²) in [5, 5.41) is 0. The van der Waals surface area contributed by atoms with Crippen LogP contribution in [0.4, 0.5) is 0 Å². The van der Waals surface area contributed by atoms with Crippen LogP contribution in [0.1, 0.15) is 17.3 Å². The minimum Gasteiger partial charge on any atom is -0.460 e. The van der Waals surface area contributed by atoms with E-state index in [0.29, 0.717) is 5.56 Å². The Labute approximate surface area is 201 Å². The Morgan fingerprint density at radius 3 is 1.61 bits per heavy atom. The van der Waals surface area contributed by atoms with Gasteiger partial charge < -0.3 is 4.74 Å². The summed E-state index contributed by atoms with van der Waals surface area (Å²) in [4.78, 5) is 29.6. The fraction of sp³-hybridized carbons (Fsp3) is 0.0714. The summed E-state index contributed by atoms with van der Waals surface area (Å²) in [7, 11) is -0.175. The summed E-state index contributed by atoms with van der Waals surface area (Å²) in [6, 6.07) is 36.8. The van der Waals surface area contributed by atoms with Crippen molar-refractivity contribution in [3.05, 3.63) is 115 Å². The van der Waals surface area contributed by atoms with Crippen LogP contribution in [-0.2, 0) is 20.4 Å². The monoisotopic (exact) mass is 471 g/mol. The van der Waals surface area contributed by atoms with Gasteiger partial charge in [-0.25, -0.2) is 4.79 Å². The van der Waals surface area contributed by atoms with Crippen molar-refractivity contribution in [2.75, 3.05) is 6.61 Å². The van der Waals surface area contributed by atoms with E-state index in [9.17, 15) is 9.59 Å². The summed E-state index contributed by atoms with van der Waals surface area (Å²) in [5.41, 5.74) is 0.336. The van der Waals surface area contributed by atoms with Crippen molar-refractivity contribution >= 4 is 34.4 Å². The highest BCUT2D eigenvalue weighted by atomic mass is 32.2. The largest absolute Gasteiger partial charge is 0.460 e. The van der Waals surface area contributed by atoms with E-state index in [1.165, 1.54) is 14.7 Å². The molecular weight excluding hydrogens is 448 g/mol. The maximum Gasteiger partial charge on any atom is 0.379 e. The first-order valence-corrected chi connectivity index (χ1v) is 12.6. The second-order valence-corrected chi connectivity index (χ2v) is 10.3.